The van der Waals surface area contributed by atoms with Crippen LogP contribution in [-0.4, -0.2) is 72.3 Å². The predicted molar refractivity (Wildman–Crippen MR) is 219 cm³/mol. The molecule has 0 bridgehead atoms. The van der Waals surface area contributed by atoms with Crippen molar-refractivity contribution in [3.8, 4) is 17.2 Å². The maximum absolute atomic E-state index is 13.6. The number of likely N-dealkylation sites (tertiary alicyclic amines) is 1. The van der Waals surface area contributed by atoms with E-state index in [-0.39, 0.29) is 36.2 Å². The van der Waals surface area contributed by atoms with Gasteiger partial charge in [-0.2, -0.15) is 0 Å². The van der Waals surface area contributed by atoms with Crippen molar-refractivity contribution in [2.75, 3.05) is 46.8 Å². The van der Waals surface area contributed by atoms with E-state index >= 15 is 0 Å². The number of rotatable bonds is 18. The summed E-state index contributed by atoms with van der Waals surface area (Å²) >= 11 is 0. The fourth-order valence-electron chi connectivity index (χ4n) is 6.77. The summed E-state index contributed by atoms with van der Waals surface area (Å²) in [5.74, 6) is 1.33. The highest BCUT2D eigenvalue weighted by Gasteiger charge is 2.38. The minimum atomic E-state index is -4.11. The van der Waals surface area contributed by atoms with Crippen LogP contribution in [0.4, 0.5) is 4.79 Å². The second kappa shape index (κ2) is 19.1. The number of amides is 1. The van der Waals surface area contributed by atoms with Crippen LogP contribution in [0.15, 0.2) is 132 Å². The minimum absolute atomic E-state index is 0.147. The molecule has 0 radical (unpaired) electrons. The third-order valence-electron chi connectivity index (χ3n) is 9.99. The van der Waals surface area contributed by atoms with Crippen molar-refractivity contribution >= 4 is 23.8 Å². The van der Waals surface area contributed by atoms with E-state index in [0.717, 1.165) is 39.3 Å². The van der Waals surface area contributed by atoms with Gasteiger partial charge in [-0.25, -0.2) is 17.8 Å². The Kier molecular flexibility index (Phi) is 13.9. The molecule has 1 fully saturated rings. The van der Waals surface area contributed by atoms with Gasteiger partial charge in [0.1, 0.15) is 29.5 Å². The van der Waals surface area contributed by atoms with Crippen molar-refractivity contribution in [2.24, 2.45) is 0 Å². The van der Waals surface area contributed by atoms with E-state index in [1.54, 1.807) is 50.6 Å². The molecule has 1 aliphatic heterocycles. The average Bonchev–Trinajstić information content (AvgIpc) is 3.74. The van der Waals surface area contributed by atoms with Gasteiger partial charge in [0.2, 0.25) is 0 Å². The van der Waals surface area contributed by atoms with Crippen molar-refractivity contribution in [2.45, 2.75) is 42.9 Å². The topological polar surface area (TPSA) is 136 Å². The number of phosphoric ester groups is 1. The van der Waals surface area contributed by atoms with Crippen molar-refractivity contribution < 1.29 is 50.3 Å². The molecule has 5 aromatic carbocycles. The van der Waals surface area contributed by atoms with E-state index in [1.165, 1.54) is 24.1 Å². The quantitative estimate of drug-likeness (QED) is 0.0620. The lowest BCUT2D eigenvalue weighted by Gasteiger charge is -2.36. The first-order valence-electron chi connectivity index (χ1n) is 18.8. The number of carbonyl (C=O) groups excluding carboxylic acids is 1. The van der Waals surface area contributed by atoms with Gasteiger partial charge in [0, 0.05) is 13.7 Å². The molecular formula is C44H48NO11PS. The second-order valence-electron chi connectivity index (χ2n) is 13.7. The van der Waals surface area contributed by atoms with E-state index in [4.69, 9.17) is 32.5 Å². The van der Waals surface area contributed by atoms with Gasteiger partial charge in [0.15, 0.2) is 9.84 Å². The summed E-state index contributed by atoms with van der Waals surface area (Å²) in [6, 6.07) is 38.5. The number of carbonyl (C=O) groups is 1. The Labute approximate surface area is 340 Å². The molecule has 0 aromatic heterocycles. The van der Waals surface area contributed by atoms with Crippen LogP contribution in [0.3, 0.4) is 0 Å². The molecule has 1 saturated heterocycles. The second-order valence-corrected chi connectivity index (χ2v) is 17.5. The SMILES string of the molecule is COc1ccc(C(OCc2ccc(OP(=O)(OC)OCC3CCCN3C(=O)OCCS(=O)(=O)c3ccc(C)cc3)cc2)(c2ccccc2)c2ccc(OC)cc2)cc1. The molecule has 12 nitrogen and oxygen atoms in total. The lowest BCUT2D eigenvalue weighted by molar-refractivity contribution is 0.000184. The van der Waals surface area contributed by atoms with Gasteiger partial charge >= 0.3 is 13.9 Å². The Morgan fingerprint density at radius 3 is 1.90 bits per heavy atom. The van der Waals surface area contributed by atoms with Crippen LogP contribution in [0.2, 0.25) is 0 Å². The first-order chi connectivity index (χ1) is 28.0. The van der Waals surface area contributed by atoms with Crippen LogP contribution in [0.1, 0.15) is 40.7 Å². The zero-order valence-corrected chi connectivity index (χ0v) is 34.7. The molecule has 0 N–H and O–H groups in total. The van der Waals surface area contributed by atoms with Crippen LogP contribution >= 0.6 is 7.82 Å². The average molecular weight is 830 g/mol. The summed E-state index contributed by atoms with van der Waals surface area (Å²) in [5, 5.41) is 0. The van der Waals surface area contributed by atoms with Crippen LogP contribution in [0, 0.1) is 6.92 Å². The molecule has 2 atom stereocenters. The molecule has 1 aliphatic rings. The molecule has 0 aliphatic carbocycles. The van der Waals surface area contributed by atoms with Crippen molar-refractivity contribution in [3.63, 3.8) is 0 Å². The van der Waals surface area contributed by atoms with Crippen molar-refractivity contribution in [1.29, 1.82) is 0 Å². The van der Waals surface area contributed by atoms with Gasteiger partial charge in [-0.1, -0.05) is 84.4 Å². The molecule has 0 spiro atoms. The fraction of sp³-hybridized carbons (Fsp3) is 0.295. The number of hydrogen-bond donors (Lipinski definition) is 0. The summed E-state index contributed by atoms with van der Waals surface area (Å²) in [4.78, 5) is 14.6. The summed E-state index contributed by atoms with van der Waals surface area (Å²) in [6.45, 7) is 1.98. The normalized spacial score (nSPS) is 15.4. The number of methoxy groups -OCH3 is 2. The molecule has 2 unspecified atom stereocenters. The standard InChI is InChI=1S/C44H48NO11PS/c1-33-12-26-42(27-13-33)58(48,49)30-29-53-43(46)45-28-8-11-38(45)32-55-57(47,52-4)56-41-20-14-34(15-21-41)31-54-44(35-9-6-5-7-10-35,36-16-22-39(50-2)23-17-36)37-18-24-40(51-3)25-19-37/h5-7,9-10,12-27,38H,8,11,28-32H2,1-4H3. The van der Waals surface area contributed by atoms with E-state index in [9.17, 15) is 17.8 Å². The number of hydrogen-bond acceptors (Lipinski definition) is 11. The minimum Gasteiger partial charge on any atom is -0.497 e. The largest absolute Gasteiger partial charge is 0.529 e. The van der Waals surface area contributed by atoms with Gasteiger partial charge in [-0.15, -0.1) is 0 Å². The zero-order valence-electron chi connectivity index (χ0n) is 32.9. The van der Waals surface area contributed by atoms with E-state index < -0.39 is 35.4 Å². The number of nitrogens with zero attached hydrogens (tertiary/aromatic N) is 1. The van der Waals surface area contributed by atoms with Crippen molar-refractivity contribution in [3.05, 3.63) is 155 Å². The first-order valence-corrected chi connectivity index (χ1v) is 21.9. The van der Waals surface area contributed by atoms with E-state index in [1.807, 2.05) is 85.8 Å². The molecule has 306 valence electrons. The van der Waals surface area contributed by atoms with Gasteiger partial charge in [0.05, 0.1) is 44.1 Å². The van der Waals surface area contributed by atoms with Crippen LogP contribution in [0.5, 0.6) is 17.2 Å². The third kappa shape index (κ3) is 10.1. The highest BCUT2D eigenvalue weighted by molar-refractivity contribution is 7.91. The zero-order chi connectivity index (χ0) is 41.2. The summed E-state index contributed by atoms with van der Waals surface area (Å²) in [6.07, 6.45) is 0.549. The number of ether oxygens (including phenoxy) is 4. The molecule has 1 heterocycles. The predicted octanol–water partition coefficient (Wildman–Crippen LogP) is 8.75. The number of phosphoric acid groups is 1. The summed E-state index contributed by atoms with van der Waals surface area (Å²) in [5.41, 5.74) is 3.44. The van der Waals surface area contributed by atoms with Gasteiger partial charge in [0.25, 0.3) is 0 Å². The summed E-state index contributed by atoms with van der Waals surface area (Å²) in [7, 11) is -3.27. The molecular weight excluding hydrogens is 782 g/mol. The van der Waals surface area contributed by atoms with Crippen molar-refractivity contribution in [1.82, 2.24) is 4.90 Å². The van der Waals surface area contributed by atoms with Gasteiger partial charge in [-0.3, -0.25) is 9.05 Å². The monoisotopic (exact) mass is 829 g/mol. The summed E-state index contributed by atoms with van der Waals surface area (Å²) < 4.78 is 78.9. The maximum Gasteiger partial charge on any atom is 0.529 e. The number of sulfone groups is 1. The van der Waals surface area contributed by atoms with Crippen LogP contribution in [-0.2, 0) is 45.1 Å². The lowest BCUT2D eigenvalue weighted by atomic mass is 9.80. The van der Waals surface area contributed by atoms with Crippen LogP contribution in [0.25, 0.3) is 0 Å². The highest BCUT2D eigenvalue weighted by Crippen LogP contribution is 2.49. The third-order valence-corrected chi connectivity index (χ3v) is 13.0. The Morgan fingerprint density at radius 1 is 0.759 bits per heavy atom. The first kappa shape index (κ1) is 42.4. The molecule has 14 heteroatoms. The lowest BCUT2D eigenvalue weighted by Crippen LogP contribution is -2.39. The highest BCUT2D eigenvalue weighted by atomic mass is 32.2. The Morgan fingerprint density at radius 2 is 1.33 bits per heavy atom. The molecule has 0 saturated carbocycles. The van der Waals surface area contributed by atoms with E-state index in [0.29, 0.717) is 19.4 Å². The number of aryl methyl sites for hydroxylation is 1. The number of benzene rings is 5. The Hall–Kier alpha value is -5.17. The van der Waals surface area contributed by atoms with Gasteiger partial charge in [-0.05, 0) is 90.6 Å². The Bertz CT molecular complexity index is 2210. The van der Waals surface area contributed by atoms with Gasteiger partial charge < -0.3 is 28.4 Å². The molecule has 1 amide bonds. The molecule has 6 rings (SSSR count). The molecule has 5 aromatic rings. The smallest absolute Gasteiger partial charge is 0.497 e. The molecule has 58 heavy (non-hydrogen) atoms. The fourth-order valence-corrected chi connectivity index (χ4v) is 8.83. The van der Waals surface area contributed by atoms with E-state index in [2.05, 4.69) is 0 Å². The maximum atomic E-state index is 13.6. The Balaban J connectivity index is 1.10. The van der Waals surface area contributed by atoms with Crippen LogP contribution < -0.4 is 14.0 Å².